The van der Waals surface area contributed by atoms with Gasteiger partial charge >= 0.3 is 0 Å². The second kappa shape index (κ2) is 3.74. The fourth-order valence-electron chi connectivity index (χ4n) is 1.50. The summed E-state index contributed by atoms with van der Waals surface area (Å²) in [6.45, 7) is 0. The summed E-state index contributed by atoms with van der Waals surface area (Å²) in [7, 11) is 1.75. The van der Waals surface area contributed by atoms with Gasteiger partial charge in [-0.05, 0) is 31.0 Å². The van der Waals surface area contributed by atoms with Gasteiger partial charge in [0.05, 0.1) is 5.56 Å². The Morgan fingerprint density at radius 1 is 1.53 bits per heavy atom. The van der Waals surface area contributed by atoms with E-state index < -0.39 is 0 Å². The molecule has 0 aliphatic heterocycles. The highest BCUT2D eigenvalue weighted by Gasteiger charge is 2.31. The molecule has 80 valence electrons. The van der Waals surface area contributed by atoms with Gasteiger partial charge in [0.15, 0.2) is 0 Å². The second-order valence-electron chi connectivity index (χ2n) is 3.81. The van der Waals surface area contributed by atoms with Crippen molar-refractivity contribution in [1.82, 2.24) is 4.90 Å². The van der Waals surface area contributed by atoms with Crippen molar-refractivity contribution in [1.29, 1.82) is 0 Å². The number of hydrogen-bond donors (Lipinski definition) is 1. The van der Waals surface area contributed by atoms with Crippen molar-refractivity contribution in [3.8, 4) is 5.75 Å². The Bertz CT molecular complexity index is 402. The van der Waals surface area contributed by atoms with E-state index in [0.717, 1.165) is 12.8 Å². The van der Waals surface area contributed by atoms with Crippen LogP contribution in [-0.4, -0.2) is 29.0 Å². The molecule has 0 unspecified atom stereocenters. The summed E-state index contributed by atoms with van der Waals surface area (Å²) < 4.78 is 0. The molecule has 1 aliphatic carbocycles. The molecule has 1 aromatic carbocycles. The summed E-state index contributed by atoms with van der Waals surface area (Å²) >= 11 is 5.78. The van der Waals surface area contributed by atoms with Crippen LogP contribution in [0.1, 0.15) is 23.2 Å². The molecule has 1 aliphatic rings. The van der Waals surface area contributed by atoms with Crippen molar-refractivity contribution >= 4 is 17.5 Å². The molecule has 0 heterocycles. The van der Waals surface area contributed by atoms with E-state index in [1.807, 2.05) is 0 Å². The average Bonchev–Trinajstić information content (AvgIpc) is 3.03. The number of benzene rings is 1. The first-order valence-electron chi connectivity index (χ1n) is 4.85. The molecule has 4 heteroatoms. The number of phenols is 1. The highest BCUT2D eigenvalue weighted by Crippen LogP contribution is 2.29. The summed E-state index contributed by atoms with van der Waals surface area (Å²) in [6, 6.07) is 4.83. The van der Waals surface area contributed by atoms with Crippen molar-refractivity contribution in [3.63, 3.8) is 0 Å². The highest BCUT2D eigenvalue weighted by atomic mass is 35.5. The average molecular weight is 226 g/mol. The Labute approximate surface area is 93.3 Å². The van der Waals surface area contributed by atoms with E-state index >= 15 is 0 Å². The molecule has 0 radical (unpaired) electrons. The molecule has 1 N–H and O–H groups in total. The lowest BCUT2D eigenvalue weighted by Crippen LogP contribution is -2.28. The van der Waals surface area contributed by atoms with E-state index in [9.17, 15) is 9.90 Å². The Balaban J connectivity index is 2.27. The number of halogens is 1. The summed E-state index contributed by atoms with van der Waals surface area (Å²) in [6.07, 6.45) is 2.09. The topological polar surface area (TPSA) is 40.5 Å². The van der Waals surface area contributed by atoms with Crippen LogP contribution in [0.25, 0.3) is 0 Å². The SMILES string of the molecule is CN(C(=O)c1cc(Cl)ccc1O)C1CC1. The number of rotatable bonds is 2. The van der Waals surface area contributed by atoms with Gasteiger partial charge in [-0.3, -0.25) is 4.79 Å². The van der Waals surface area contributed by atoms with E-state index in [4.69, 9.17) is 11.6 Å². The van der Waals surface area contributed by atoms with E-state index in [1.54, 1.807) is 18.0 Å². The first-order chi connectivity index (χ1) is 7.09. The number of phenolic OH excluding ortho intramolecular Hbond substituents is 1. The molecule has 1 fully saturated rings. The van der Waals surface area contributed by atoms with Crippen LogP contribution in [0, 0.1) is 0 Å². The van der Waals surface area contributed by atoms with Crippen LogP contribution < -0.4 is 0 Å². The van der Waals surface area contributed by atoms with Crippen LogP contribution in [0.15, 0.2) is 18.2 Å². The molecule has 0 bridgehead atoms. The summed E-state index contributed by atoms with van der Waals surface area (Å²) in [4.78, 5) is 13.6. The Morgan fingerprint density at radius 3 is 2.80 bits per heavy atom. The van der Waals surface area contributed by atoms with Gasteiger partial charge in [0, 0.05) is 18.1 Å². The lowest BCUT2D eigenvalue weighted by Gasteiger charge is -2.16. The first-order valence-corrected chi connectivity index (χ1v) is 5.23. The van der Waals surface area contributed by atoms with E-state index in [2.05, 4.69) is 0 Å². The van der Waals surface area contributed by atoms with Crippen molar-refractivity contribution in [2.24, 2.45) is 0 Å². The van der Waals surface area contributed by atoms with E-state index in [0.29, 0.717) is 11.1 Å². The summed E-state index contributed by atoms with van der Waals surface area (Å²) in [5.41, 5.74) is 0.275. The number of nitrogens with zero attached hydrogens (tertiary/aromatic N) is 1. The third kappa shape index (κ3) is 2.07. The van der Waals surface area contributed by atoms with Gasteiger partial charge in [0.1, 0.15) is 5.75 Å². The number of amides is 1. The van der Waals surface area contributed by atoms with E-state index in [1.165, 1.54) is 12.1 Å². The van der Waals surface area contributed by atoms with Crippen LogP contribution in [0.4, 0.5) is 0 Å². The minimum Gasteiger partial charge on any atom is -0.507 e. The van der Waals surface area contributed by atoms with Crippen LogP contribution in [0.5, 0.6) is 5.75 Å². The molecule has 1 saturated carbocycles. The normalized spacial score (nSPS) is 15.1. The van der Waals surface area contributed by atoms with Gasteiger partial charge in [-0.15, -0.1) is 0 Å². The molecule has 0 atom stereocenters. The monoisotopic (exact) mass is 225 g/mol. The summed E-state index contributed by atoms with van der Waals surface area (Å²) in [5, 5.41) is 10.0. The minimum absolute atomic E-state index is 0.0168. The van der Waals surface area contributed by atoms with Gasteiger partial charge in [-0.2, -0.15) is 0 Å². The quantitative estimate of drug-likeness (QED) is 0.839. The first kappa shape index (κ1) is 10.3. The van der Waals surface area contributed by atoms with Crippen molar-refractivity contribution in [3.05, 3.63) is 28.8 Å². The highest BCUT2D eigenvalue weighted by molar-refractivity contribution is 6.31. The molecule has 0 saturated heterocycles. The molecule has 3 nitrogen and oxygen atoms in total. The van der Waals surface area contributed by atoms with Crippen molar-refractivity contribution in [2.45, 2.75) is 18.9 Å². The fourth-order valence-corrected chi connectivity index (χ4v) is 1.67. The van der Waals surface area contributed by atoms with Crippen LogP contribution >= 0.6 is 11.6 Å². The maximum Gasteiger partial charge on any atom is 0.257 e. The fraction of sp³-hybridized carbons (Fsp3) is 0.364. The molecule has 0 aromatic heterocycles. The van der Waals surface area contributed by atoms with Gasteiger partial charge < -0.3 is 10.0 Å². The standard InChI is InChI=1S/C11H12ClNO2/c1-13(8-3-4-8)11(15)9-6-7(12)2-5-10(9)14/h2,5-6,8,14H,3-4H2,1H3. The smallest absolute Gasteiger partial charge is 0.257 e. The van der Waals surface area contributed by atoms with Crippen LogP contribution in [-0.2, 0) is 0 Å². The maximum atomic E-state index is 11.9. The lowest BCUT2D eigenvalue weighted by atomic mass is 10.2. The predicted octanol–water partition coefficient (Wildman–Crippen LogP) is 2.28. The molecule has 1 amide bonds. The van der Waals surface area contributed by atoms with Gasteiger partial charge in [0.25, 0.3) is 5.91 Å². The molecular weight excluding hydrogens is 214 g/mol. The Kier molecular flexibility index (Phi) is 2.57. The van der Waals surface area contributed by atoms with E-state index in [-0.39, 0.29) is 17.2 Å². The van der Waals surface area contributed by atoms with Crippen molar-refractivity contribution < 1.29 is 9.90 Å². The predicted molar refractivity (Wildman–Crippen MR) is 58.2 cm³/mol. The summed E-state index contributed by atoms with van der Waals surface area (Å²) in [5.74, 6) is -0.186. The largest absolute Gasteiger partial charge is 0.507 e. The van der Waals surface area contributed by atoms with Gasteiger partial charge in [-0.1, -0.05) is 11.6 Å². The van der Waals surface area contributed by atoms with Gasteiger partial charge in [0.2, 0.25) is 0 Å². The van der Waals surface area contributed by atoms with Crippen LogP contribution in [0.3, 0.4) is 0 Å². The second-order valence-corrected chi connectivity index (χ2v) is 4.25. The number of carbonyl (C=O) groups is 1. The Morgan fingerprint density at radius 2 is 2.20 bits per heavy atom. The zero-order valence-electron chi connectivity index (χ0n) is 8.40. The van der Waals surface area contributed by atoms with Gasteiger partial charge in [-0.25, -0.2) is 0 Å². The zero-order valence-corrected chi connectivity index (χ0v) is 9.16. The third-order valence-electron chi connectivity index (χ3n) is 2.60. The number of carbonyl (C=O) groups excluding carboxylic acids is 1. The zero-order chi connectivity index (χ0) is 11.0. The molecule has 0 spiro atoms. The molecule has 2 rings (SSSR count). The number of aromatic hydroxyl groups is 1. The lowest BCUT2D eigenvalue weighted by molar-refractivity contribution is 0.0782. The van der Waals surface area contributed by atoms with Crippen LogP contribution in [0.2, 0.25) is 5.02 Å². The molecule has 1 aromatic rings. The molecular formula is C11H12ClNO2. The van der Waals surface area contributed by atoms with Crippen molar-refractivity contribution in [2.75, 3.05) is 7.05 Å². The maximum absolute atomic E-state index is 11.9. The number of hydrogen-bond acceptors (Lipinski definition) is 2. The third-order valence-corrected chi connectivity index (χ3v) is 2.84. The Hall–Kier alpha value is -1.22. The molecule has 15 heavy (non-hydrogen) atoms. The minimum atomic E-state index is -0.169.